The highest BCUT2D eigenvalue weighted by Crippen LogP contribution is 2.21. The summed E-state index contributed by atoms with van der Waals surface area (Å²) in [7, 11) is 0. The summed E-state index contributed by atoms with van der Waals surface area (Å²) in [6.07, 6.45) is 3.20. The van der Waals surface area contributed by atoms with E-state index in [1.807, 2.05) is 24.3 Å². The number of para-hydroxylation sites is 1. The molecule has 0 unspecified atom stereocenters. The molecule has 2 heterocycles. The molecule has 1 amide bonds. The fourth-order valence-corrected chi connectivity index (χ4v) is 1.84. The lowest BCUT2D eigenvalue weighted by atomic mass is 10.2. The summed E-state index contributed by atoms with van der Waals surface area (Å²) in [4.78, 5) is 20.1. The highest BCUT2D eigenvalue weighted by atomic mass is 16.4. The lowest BCUT2D eigenvalue weighted by Gasteiger charge is -2.05. The Morgan fingerprint density at radius 1 is 1.21 bits per heavy atom. The Labute approximate surface area is 109 Å². The van der Waals surface area contributed by atoms with Gasteiger partial charge in [0.1, 0.15) is 5.76 Å². The van der Waals surface area contributed by atoms with Gasteiger partial charge in [-0.1, -0.05) is 18.2 Å². The number of aromatic nitrogens is 2. The molecular formula is C14H11N3O2. The molecule has 0 bridgehead atoms. The molecule has 3 aromatic rings. The zero-order valence-corrected chi connectivity index (χ0v) is 10.3. The van der Waals surface area contributed by atoms with Crippen LogP contribution in [0.3, 0.4) is 0 Å². The van der Waals surface area contributed by atoms with Crippen LogP contribution in [-0.4, -0.2) is 15.9 Å². The molecule has 0 spiro atoms. The summed E-state index contributed by atoms with van der Waals surface area (Å²) in [5.74, 6) is 0.262. The SMILES string of the molecule is Cc1cnc(C(=O)Nc2cccc3cccnc23)o1. The van der Waals surface area contributed by atoms with Crippen molar-refractivity contribution in [1.29, 1.82) is 0 Å². The van der Waals surface area contributed by atoms with Gasteiger partial charge in [-0.15, -0.1) is 0 Å². The third-order valence-corrected chi connectivity index (χ3v) is 2.70. The van der Waals surface area contributed by atoms with E-state index in [0.717, 1.165) is 10.9 Å². The molecule has 19 heavy (non-hydrogen) atoms. The topological polar surface area (TPSA) is 68.0 Å². The van der Waals surface area contributed by atoms with Crippen LogP contribution in [0, 0.1) is 6.92 Å². The smallest absolute Gasteiger partial charge is 0.311 e. The van der Waals surface area contributed by atoms with E-state index in [4.69, 9.17) is 4.42 Å². The molecule has 0 saturated heterocycles. The first kappa shape index (κ1) is 11.4. The molecule has 94 valence electrons. The number of benzene rings is 1. The number of hydrogen-bond donors (Lipinski definition) is 1. The van der Waals surface area contributed by atoms with E-state index >= 15 is 0 Å². The van der Waals surface area contributed by atoms with Crippen LogP contribution in [0.4, 0.5) is 5.69 Å². The number of rotatable bonds is 2. The first-order valence-corrected chi connectivity index (χ1v) is 5.81. The lowest BCUT2D eigenvalue weighted by Crippen LogP contribution is -2.12. The fraction of sp³-hybridized carbons (Fsp3) is 0.0714. The van der Waals surface area contributed by atoms with Crippen LogP contribution in [0.5, 0.6) is 0 Å². The molecule has 0 aliphatic heterocycles. The number of aryl methyl sites for hydroxylation is 1. The minimum atomic E-state index is -0.383. The zero-order chi connectivity index (χ0) is 13.2. The van der Waals surface area contributed by atoms with Gasteiger partial charge in [-0.3, -0.25) is 9.78 Å². The van der Waals surface area contributed by atoms with Crippen LogP contribution < -0.4 is 5.32 Å². The lowest BCUT2D eigenvalue weighted by molar-refractivity contribution is 0.0989. The van der Waals surface area contributed by atoms with E-state index in [0.29, 0.717) is 11.4 Å². The van der Waals surface area contributed by atoms with Gasteiger partial charge in [0.25, 0.3) is 5.89 Å². The highest BCUT2D eigenvalue weighted by molar-refractivity contribution is 6.05. The number of anilines is 1. The Morgan fingerprint density at radius 3 is 2.84 bits per heavy atom. The molecule has 0 aliphatic rings. The summed E-state index contributed by atoms with van der Waals surface area (Å²) in [6, 6.07) is 9.38. The van der Waals surface area contributed by atoms with Crippen molar-refractivity contribution in [2.75, 3.05) is 5.32 Å². The predicted octanol–water partition coefficient (Wildman–Crippen LogP) is 2.78. The Balaban J connectivity index is 1.95. The van der Waals surface area contributed by atoms with Crippen molar-refractivity contribution in [3.05, 3.63) is 54.4 Å². The summed E-state index contributed by atoms with van der Waals surface area (Å²) < 4.78 is 5.19. The molecule has 0 radical (unpaired) electrons. The van der Waals surface area contributed by atoms with Crippen molar-refractivity contribution in [3.63, 3.8) is 0 Å². The van der Waals surface area contributed by atoms with Gasteiger partial charge in [-0.05, 0) is 19.1 Å². The first-order valence-electron chi connectivity index (χ1n) is 5.81. The quantitative estimate of drug-likeness (QED) is 0.762. The van der Waals surface area contributed by atoms with Gasteiger partial charge in [0.2, 0.25) is 0 Å². The van der Waals surface area contributed by atoms with E-state index in [1.54, 1.807) is 19.2 Å². The molecule has 0 fully saturated rings. The van der Waals surface area contributed by atoms with Gasteiger partial charge in [-0.2, -0.15) is 0 Å². The molecule has 0 aliphatic carbocycles. The third kappa shape index (κ3) is 2.18. The second kappa shape index (κ2) is 4.53. The van der Waals surface area contributed by atoms with E-state index in [9.17, 15) is 4.79 Å². The Morgan fingerprint density at radius 2 is 2.05 bits per heavy atom. The second-order valence-electron chi connectivity index (χ2n) is 4.11. The van der Waals surface area contributed by atoms with E-state index in [2.05, 4.69) is 15.3 Å². The molecule has 3 rings (SSSR count). The van der Waals surface area contributed by atoms with Crippen molar-refractivity contribution >= 4 is 22.5 Å². The van der Waals surface area contributed by atoms with Gasteiger partial charge < -0.3 is 9.73 Å². The largest absolute Gasteiger partial charge is 0.438 e. The first-order chi connectivity index (χ1) is 9.24. The van der Waals surface area contributed by atoms with Crippen molar-refractivity contribution in [3.8, 4) is 0 Å². The number of fused-ring (bicyclic) bond motifs is 1. The van der Waals surface area contributed by atoms with Gasteiger partial charge in [0.05, 0.1) is 17.4 Å². The molecule has 0 atom stereocenters. The molecular weight excluding hydrogens is 242 g/mol. The van der Waals surface area contributed by atoms with E-state index in [1.165, 1.54) is 6.20 Å². The number of nitrogens with zero attached hydrogens (tertiary/aromatic N) is 2. The number of carbonyl (C=O) groups excluding carboxylic acids is 1. The predicted molar refractivity (Wildman–Crippen MR) is 70.9 cm³/mol. The Bertz CT molecular complexity index is 744. The number of pyridine rings is 1. The third-order valence-electron chi connectivity index (χ3n) is 2.70. The Kier molecular flexibility index (Phi) is 2.72. The molecule has 0 saturated carbocycles. The maximum Gasteiger partial charge on any atom is 0.311 e. The number of hydrogen-bond acceptors (Lipinski definition) is 4. The van der Waals surface area contributed by atoms with Crippen LogP contribution in [0.15, 0.2) is 47.1 Å². The summed E-state index contributed by atoms with van der Waals surface area (Å²) >= 11 is 0. The van der Waals surface area contributed by atoms with Crippen LogP contribution in [0.2, 0.25) is 0 Å². The average Bonchev–Trinajstić information content (AvgIpc) is 2.86. The van der Waals surface area contributed by atoms with Gasteiger partial charge >= 0.3 is 5.91 Å². The van der Waals surface area contributed by atoms with Gasteiger partial charge in [0, 0.05) is 11.6 Å². The number of nitrogens with one attached hydrogen (secondary N) is 1. The van der Waals surface area contributed by atoms with Crippen LogP contribution in [0.1, 0.15) is 16.4 Å². The maximum atomic E-state index is 12.0. The minimum Gasteiger partial charge on any atom is -0.438 e. The summed E-state index contributed by atoms with van der Waals surface area (Å²) in [6.45, 7) is 1.74. The second-order valence-corrected chi connectivity index (χ2v) is 4.11. The molecule has 1 N–H and O–H groups in total. The van der Waals surface area contributed by atoms with E-state index < -0.39 is 0 Å². The standard InChI is InChI=1S/C14H11N3O2/c1-9-8-16-14(19-9)13(18)17-11-6-2-4-10-5-3-7-15-12(10)11/h2-8H,1H3,(H,17,18). The summed E-state index contributed by atoms with van der Waals surface area (Å²) in [5.41, 5.74) is 1.38. The van der Waals surface area contributed by atoms with Crippen LogP contribution in [-0.2, 0) is 0 Å². The van der Waals surface area contributed by atoms with Crippen molar-refractivity contribution in [1.82, 2.24) is 9.97 Å². The average molecular weight is 253 g/mol. The van der Waals surface area contributed by atoms with Crippen molar-refractivity contribution in [2.24, 2.45) is 0 Å². The molecule has 1 aromatic carbocycles. The monoisotopic (exact) mass is 253 g/mol. The van der Waals surface area contributed by atoms with Crippen LogP contribution >= 0.6 is 0 Å². The number of carbonyl (C=O) groups is 1. The molecule has 5 heteroatoms. The Hall–Kier alpha value is -2.69. The maximum absolute atomic E-state index is 12.0. The van der Waals surface area contributed by atoms with E-state index in [-0.39, 0.29) is 11.8 Å². The normalized spacial score (nSPS) is 10.6. The molecule has 5 nitrogen and oxygen atoms in total. The van der Waals surface area contributed by atoms with Crippen molar-refractivity contribution in [2.45, 2.75) is 6.92 Å². The van der Waals surface area contributed by atoms with Gasteiger partial charge in [0.15, 0.2) is 0 Å². The zero-order valence-electron chi connectivity index (χ0n) is 10.3. The van der Waals surface area contributed by atoms with Crippen LogP contribution in [0.25, 0.3) is 10.9 Å². The highest BCUT2D eigenvalue weighted by Gasteiger charge is 2.13. The van der Waals surface area contributed by atoms with Gasteiger partial charge in [-0.25, -0.2) is 4.98 Å². The number of oxazole rings is 1. The summed E-state index contributed by atoms with van der Waals surface area (Å²) in [5, 5.41) is 3.72. The fourth-order valence-electron chi connectivity index (χ4n) is 1.84. The van der Waals surface area contributed by atoms with Crippen molar-refractivity contribution < 1.29 is 9.21 Å². The minimum absolute atomic E-state index is 0.0467. The molecule has 2 aromatic heterocycles. The number of amides is 1.